The molecule has 0 radical (unpaired) electrons. The lowest BCUT2D eigenvalue weighted by atomic mass is 9.80. The van der Waals surface area contributed by atoms with Crippen LogP contribution < -0.4 is 0 Å². The zero-order valence-electron chi connectivity index (χ0n) is 9.10. The molecule has 0 bridgehead atoms. The second-order valence-electron chi connectivity index (χ2n) is 5.17. The van der Waals surface area contributed by atoms with Crippen LogP contribution in [0.2, 0.25) is 0 Å². The molecule has 0 atom stereocenters. The van der Waals surface area contributed by atoms with Gasteiger partial charge in [0.2, 0.25) is 0 Å². The van der Waals surface area contributed by atoms with Gasteiger partial charge >= 0.3 is 0 Å². The molecule has 2 rings (SSSR count). The van der Waals surface area contributed by atoms with Gasteiger partial charge in [-0.3, -0.25) is 0 Å². The summed E-state index contributed by atoms with van der Waals surface area (Å²) in [7, 11) is 0. The van der Waals surface area contributed by atoms with Crippen LogP contribution in [0.15, 0.2) is 0 Å². The molecule has 0 aromatic heterocycles. The molecule has 2 heteroatoms. The predicted molar refractivity (Wildman–Crippen MR) is 62.9 cm³/mol. The van der Waals surface area contributed by atoms with Crippen LogP contribution in [0, 0.1) is 5.92 Å². The zero-order chi connectivity index (χ0) is 10.0. The minimum Gasteiger partial charge on any atom is -0.371 e. The highest BCUT2D eigenvalue weighted by Gasteiger charge is 2.37. The molecule has 82 valence electrons. The molecule has 2 saturated carbocycles. The Balaban J connectivity index is 1.88. The van der Waals surface area contributed by atoms with Gasteiger partial charge in [0.15, 0.2) is 0 Å². The summed E-state index contributed by atoms with van der Waals surface area (Å²) >= 11 is 3.64. The summed E-state index contributed by atoms with van der Waals surface area (Å²) < 4.78 is 6.27. The first-order chi connectivity index (χ1) is 6.74. The van der Waals surface area contributed by atoms with Gasteiger partial charge in [-0.1, -0.05) is 22.9 Å². The summed E-state index contributed by atoms with van der Waals surface area (Å²) in [5.74, 6) is 0.909. The summed E-state index contributed by atoms with van der Waals surface area (Å²) in [4.78, 5) is 0. The fourth-order valence-corrected chi connectivity index (χ4v) is 3.11. The van der Waals surface area contributed by atoms with Gasteiger partial charge in [0.1, 0.15) is 0 Å². The van der Waals surface area contributed by atoms with Gasteiger partial charge in [-0.05, 0) is 50.9 Å². The number of hydrogen-bond donors (Lipinski definition) is 0. The van der Waals surface area contributed by atoms with Crippen molar-refractivity contribution in [1.82, 2.24) is 0 Å². The lowest BCUT2D eigenvalue weighted by Gasteiger charge is -2.43. The molecular weight excluding hydrogens is 240 g/mol. The molecule has 0 aromatic rings. The molecule has 0 amide bonds. The molecule has 0 aliphatic heterocycles. The zero-order valence-corrected chi connectivity index (χ0v) is 10.7. The van der Waals surface area contributed by atoms with Crippen molar-refractivity contribution in [3.63, 3.8) is 0 Å². The van der Waals surface area contributed by atoms with Gasteiger partial charge < -0.3 is 4.74 Å². The molecule has 2 fully saturated rings. The van der Waals surface area contributed by atoms with E-state index in [9.17, 15) is 0 Å². The smallest absolute Gasteiger partial charge is 0.0782 e. The van der Waals surface area contributed by atoms with Gasteiger partial charge in [0.25, 0.3) is 0 Å². The fourth-order valence-electron chi connectivity index (χ4n) is 2.41. The van der Waals surface area contributed by atoms with E-state index in [1.54, 1.807) is 0 Å². The second-order valence-corrected chi connectivity index (χ2v) is 5.73. The van der Waals surface area contributed by atoms with Gasteiger partial charge in [-0.2, -0.15) is 0 Å². The third-order valence-electron chi connectivity index (χ3n) is 3.90. The van der Waals surface area contributed by atoms with Gasteiger partial charge in [-0.15, -0.1) is 0 Å². The van der Waals surface area contributed by atoms with Crippen LogP contribution >= 0.6 is 15.9 Å². The van der Waals surface area contributed by atoms with Crippen molar-refractivity contribution in [1.29, 1.82) is 0 Å². The normalized spacial score (nSPS) is 39.4. The first-order valence-corrected chi connectivity index (χ1v) is 7.10. The Morgan fingerprint density at radius 1 is 1.21 bits per heavy atom. The van der Waals surface area contributed by atoms with Crippen LogP contribution in [0.5, 0.6) is 0 Å². The average Bonchev–Trinajstić information content (AvgIpc) is 2.15. The topological polar surface area (TPSA) is 9.23 Å². The average molecular weight is 261 g/mol. The monoisotopic (exact) mass is 260 g/mol. The van der Waals surface area contributed by atoms with Crippen LogP contribution in [-0.2, 0) is 4.74 Å². The molecule has 0 spiro atoms. The van der Waals surface area contributed by atoms with Crippen LogP contribution in [0.3, 0.4) is 0 Å². The summed E-state index contributed by atoms with van der Waals surface area (Å²) in [5.41, 5.74) is 0.192. The standard InChI is InChI=1S/C12H21BrO/c1-10-5-7-12(9-13,8-6-10)14-11-3-2-4-11/h10-11H,2-9H2,1H3. The van der Waals surface area contributed by atoms with Crippen molar-refractivity contribution in [2.45, 2.75) is 63.6 Å². The van der Waals surface area contributed by atoms with Crippen molar-refractivity contribution in [3.8, 4) is 0 Å². The molecule has 0 aromatic carbocycles. The van der Waals surface area contributed by atoms with Crippen molar-refractivity contribution < 1.29 is 4.74 Å². The maximum Gasteiger partial charge on any atom is 0.0782 e. The molecule has 14 heavy (non-hydrogen) atoms. The predicted octanol–water partition coefficient (Wildman–Crippen LogP) is 3.90. The third-order valence-corrected chi connectivity index (χ3v) is 4.92. The Morgan fingerprint density at radius 3 is 2.29 bits per heavy atom. The van der Waals surface area contributed by atoms with E-state index < -0.39 is 0 Å². The number of ether oxygens (including phenoxy) is 1. The summed E-state index contributed by atoms with van der Waals surface area (Å²) in [6.07, 6.45) is 9.76. The maximum absolute atomic E-state index is 6.27. The van der Waals surface area contributed by atoms with Gasteiger partial charge in [0.05, 0.1) is 11.7 Å². The van der Waals surface area contributed by atoms with E-state index in [1.165, 1.54) is 44.9 Å². The molecule has 0 heterocycles. The van der Waals surface area contributed by atoms with Crippen LogP contribution in [0.4, 0.5) is 0 Å². The van der Waals surface area contributed by atoms with E-state index >= 15 is 0 Å². The van der Waals surface area contributed by atoms with E-state index in [0.29, 0.717) is 6.10 Å². The van der Waals surface area contributed by atoms with Crippen molar-refractivity contribution in [2.75, 3.05) is 5.33 Å². The Kier molecular flexibility index (Phi) is 3.54. The maximum atomic E-state index is 6.27. The highest BCUT2D eigenvalue weighted by Crippen LogP contribution is 2.39. The number of hydrogen-bond acceptors (Lipinski definition) is 1. The SMILES string of the molecule is CC1CCC(CBr)(OC2CCC2)CC1. The first kappa shape index (κ1) is 10.9. The Morgan fingerprint density at radius 2 is 1.86 bits per heavy atom. The van der Waals surface area contributed by atoms with Gasteiger partial charge in [0, 0.05) is 5.33 Å². The molecule has 0 N–H and O–H groups in total. The Hall–Kier alpha value is 0.440. The van der Waals surface area contributed by atoms with Crippen molar-refractivity contribution >= 4 is 15.9 Å². The lowest BCUT2D eigenvalue weighted by Crippen LogP contribution is -2.43. The van der Waals surface area contributed by atoms with E-state index in [4.69, 9.17) is 4.74 Å². The summed E-state index contributed by atoms with van der Waals surface area (Å²) in [6.45, 7) is 2.36. The Bertz CT molecular complexity index is 181. The number of alkyl halides is 1. The van der Waals surface area contributed by atoms with E-state index in [2.05, 4.69) is 22.9 Å². The fraction of sp³-hybridized carbons (Fsp3) is 1.00. The van der Waals surface area contributed by atoms with Crippen LogP contribution in [0.25, 0.3) is 0 Å². The second kappa shape index (κ2) is 4.52. The molecule has 0 saturated heterocycles. The van der Waals surface area contributed by atoms with Crippen LogP contribution in [-0.4, -0.2) is 17.0 Å². The molecule has 2 aliphatic carbocycles. The molecule has 2 aliphatic rings. The minimum absolute atomic E-state index is 0.192. The van der Waals surface area contributed by atoms with Gasteiger partial charge in [-0.25, -0.2) is 0 Å². The highest BCUT2D eigenvalue weighted by molar-refractivity contribution is 9.09. The lowest BCUT2D eigenvalue weighted by molar-refractivity contribution is -0.128. The van der Waals surface area contributed by atoms with E-state index in [-0.39, 0.29) is 5.60 Å². The molecule has 1 nitrogen and oxygen atoms in total. The minimum atomic E-state index is 0.192. The van der Waals surface area contributed by atoms with Crippen LogP contribution in [0.1, 0.15) is 51.9 Å². The Labute approximate surface area is 95.7 Å². The summed E-state index contributed by atoms with van der Waals surface area (Å²) in [6, 6.07) is 0. The third kappa shape index (κ3) is 2.33. The van der Waals surface area contributed by atoms with Crippen molar-refractivity contribution in [3.05, 3.63) is 0 Å². The molecule has 0 unspecified atom stereocenters. The first-order valence-electron chi connectivity index (χ1n) is 5.98. The quantitative estimate of drug-likeness (QED) is 0.700. The largest absolute Gasteiger partial charge is 0.371 e. The van der Waals surface area contributed by atoms with E-state index in [1.807, 2.05) is 0 Å². The number of halogens is 1. The van der Waals surface area contributed by atoms with E-state index in [0.717, 1.165) is 11.2 Å². The molecular formula is C12H21BrO. The number of rotatable bonds is 3. The van der Waals surface area contributed by atoms with Crippen molar-refractivity contribution in [2.24, 2.45) is 5.92 Å². The summed E-state index contributed by atoms with van der Waals surface area (Å²) in [5, 5.41) is 1.03. The highest BCUT2D eigenvalue weighted by atomic mass is 79.9.